The van der Waals surface area contributed by atoms with Gasteiger partial charge in [-0.25, -0.2) is 13.1 Å². The summed E-state index contributed by atoms with van der Waals surface area (Å²) in [4.78, 5) is 13.7. The molecule has 1 saturated heterocycles. The Morgan fingerprint density at radius 2 is 1.86 bits per heavy atom. The van der Waals surface area contributed by atoms with Gasteiger partial charge in [0.25, 0.3) is 5.91 Å². The molecule has 12 heteroatoms. The molecule has 164 valence electrons. The van der Waals surface area contributed by atoms with Gasteiger partial charge in [-0.3, -0.25) is 4.79 Å². The van der Waals surface area contributed by atoms with Gasteiger partial charge in [-0.1, -0.05) is 18.0 Å². The third kappa shape index (κ3) is 6.05. The van der Waals surface area contributed by atoms with Crippen LogP contribution in [0.3, 0.4) is 0 Å². The lowest BCUT2D eigenvalue weighted by atomic mass is 10.1. The van der Waals surface area contributed by atoms with Crippen LogP contribution in [0.25, 0.3) is 0 Å². The highest BCUT2D eigenvalue weighted by Crippen LogP contribution is 2.32. The maximum atomic E-state index is 12.7. The molecule has 7 nitrogen and oxygen atoms in total. The van der Waals surface area contributed by atoms with E-state index in [9.17, 15) is 31.5 Å². The van der Waals surface area contributed by atoms with Gasteiger partial charge in [-0.05, 0) is 51.1 Å². The van der Waals surface area contributed by atoms with Crippen LogP contribution in [0.15, 0.2) is 23.1 Å². The number of piperidine rings is 1. The molecular formula is C17H23ClF3N3O4S. The Hall–Kier alpha value is -1.40. The minimum absolute atomic E-state index is 0.193. The summed E-state index contributed by atoms with van der Waals surface area (Å²) in [6.45, 7) is 2.91. The van der Waals surface area contributed by atoms with Gasteiger partial charge >= 0.3 is 6.18 Å². The number of likely N-dealkylation sites (tertiary alicyclic amines) is 1. The molecule has 1 aromatic rings. The Balaban J connectivity index is 2.03. The minimum Gasteiger partial charge on any atom is -0.373 e. The van der Waals surface area contributed by atoms with Crippen molar-refractivity contribution < 1.29 is 31.5 Å². The molecule has 0 bridgehead atoms. The van der Waals surface area contributed by atoms with Crippen LogP contribution < -0.4 is 10.0 Å². The number of amides is 1. The van der Waals surface area contributed by atoms with Gasteiger partial charge in [-0.2, -0.15) is 13.2 Å². The molecule has 1 heterocycles. The largest absolute Gasteiger partial charge is 0.426 e. The first kappa shape index (κ1) is 23.9. The van der Waals surface area contributed by atoms with E-state index in [0.29, 0.717) is 13.5 Å². The molecule has 0 aliphatic carbocycles. The zero-order chi connectivity index (χ0) is 21.9. The summed E-state index contributed by atoms with van der Waals surface area (Å²) >= 11 is 5.92. The van der Waals surface area contributed by atoms with Crippen LogP contribution in [0.1, 0.15) is 26.2 Å². The highest BCUT2D eigenvalue weighted by Gasteiger charge is 2.55. The molecule has 0 spiro atoms. The maximum absolute atomic E-state index is 12.7. The van der Waals surface area contributed by atoms with Crippen molar-refractivity contribution in [2.24, 2.45) is 0 Å². The quantitative estimate of drug-likeness (QED) is 0.584. The van der Waals surface area contributed by atoms with Crippen LogP contribution in [-0.4, -0.2) is 62.3 Å². The van der Waals surface area contributed by atoms with Crippen LogP contribution in [0.5, 0.6) is 0 Å². The molecule has 1 fully saturated rings. The molecule has 2 rings (SSSR count). The molecule has 1 aliphatic heterocycles. The van der Waals surface area contributed by atoms with Crippen molar-refractivity contribution in [3.8, 4) is 0 Å². The lowest BCUT2D eigenvalue weighted by Gasteiger charge is -2.26. The number of nitrogens with one attached hydrogen (secondary N) is 2. The summed E-state index contributed by atoms with van der Waals surface area (Å²) in [5.41, 5.74) is -3.88. The van der Waals surface area contributed by atoms with Gasteiger partial charge in [0.15, 0.2) is 0 Å². The minimum atomic E-state index is -5.19. The number of anilines is 1. The number of nitrogens with zero attached hydrogens (tertiary/aromatic N) is 1. The zero-order valence-electron chi connectivity index (χ0n) is 15.7. The third-order valence-electron chi connectivity index (χ3n) is 4.66. The molecule has 29 heavy (non-hydrogen) atoms. The Morgan fingerprint density at radius 3 is 2.41 bits per heavy atom. The zero-order valence-corrected chi connectivity index (χ0v) is 17.3. The summed E-state index contributed by atoms with van der Waals surface area (Å²) in [6.07, 6.45) is -1.86. The predicted molar refractivity (Wildman–Crippen MR) is 102 cm³/mol. The fourth-order valence-electron chi connectivity index (χ4n) is 2.74. The number of hydrogen-bond acceptors (Lipinski definition) is 5. The first-order chi connectivity index (χ1) is 13.3. The maximum Gasteiger partial charge on any atom is 0.426 e. The Kier molecular flexibility index (Phi) is 7.55. The highest BCUT2D eigenvalue weighted by molar-refractivity contribution is 7.89. The van der Waals surface area contributed by atoms with Crippen LogP contribution in [-0.2, 0) is 14.8 Å². The number of sulfonamides is 1. The molecule has 0 radical (unpaired) electrons. The highest BCUT2D eigenvalue weighted by atomic mass is 35.5. The second kappa shape index (κ2) is 9.17. The van der Waals surface area contributed by atoms with Crippen molar-refractivity contribution in [3.63, 3.8) is 0 Å². The summed E-state index contributed by atoms with van der Waals surface area (Å²) in [7, 11) is -3.88. The number of halogens is 4. The SMILES string of the molecule is CC(O)(C(=O)Nc1ccc(S(=O)(=O)NCCN2CCCCC2)cc1Cl)C(F)(F)F. The Morgan fingerprint density at radius 1 is 1.24 bits per heavy atom. The predicted octanol–water partition coefficient (Wildman–Crippen LogP) is 2.36. The van der Waals surface area contributed by atoms with Crippen molar-refractivity contribution in [1.29, 1.82) is 0 Å². The topological polar surface area (TPSA) is 98.7 Å². The average molecular weight is 458 g/mol. The third-order valence-corrected chi connectivity index (χ3v) is 6.43. The molecule has 3 N–H and O–H groups in total. The lowest BCUT2D eigenvalue weighted by molar-refractivity contribution is -0.242. The fraction of sp³-hybridized carbons (Fsp3) is 0.588. The van der Waals surface area contributed by atoms with Gasteiger partial charge in [0.05, 0.1) is 15.6 Å². The van der Waals surface area contributed by atoms with Crippen molar-refractivity contribution in [1.82, 2.24) is 9.62 Å². The van der Waals surface area contributed by atoms with E-state index in [1.807, 2.05) is 5.32 Å². The Labute approximate surface area is 172 Å². The van der Waals surface area contributed by atoms with E-state index >= 15 is 0 Å². The average Bonchev–Trinajstić information content (AvgIpc) is 2.63. The molecule has 1 amide bonds. The number of rotatable bonds is 7. The van der Waals surface area contributed by atoms with E-state index < -0.39 is 27.7 Å². The van der Waals surface area contributed by atoms with E-state index in [0.717, 1.165) is 44.1 Å². The van der Waals surface area contributed by atoms with Gasteiger partial charge in [0.1, 0.15) is 0 Å². The first-order valence-electron chi connectivity index (χ1n) is 8.97. The molecule has 1 unspecified atom stereocenters. The van der Waals surface area contributed by atoms with Crippen LogP contribution >= 0.6 is 11.6 Å². The van der Waals surface area contributed by atoms with Crippen molar-refractivity contribution in [2.45, 2.75) is 42.9 Å². The molecule has 1 atom stereocenters. The van der Waals surface area contributed by atoms with Crippen LogP contribution in [0.2, 0.25) is 5.02 Å². The molecule has 0 aromatic heterocycles. The van der Waals surface area contributed by atoms with E-state index in [2.05, 4.69) is 9.62 Å². The summed E-state index contributed by atoms with van der Waals surface area (Å²) < 4.78 is 65.4. The normalized spacial score (nSPS) is 18.3. The summed E-state index contributed by atoms with van der Waals surface area (Å²) in [5.74, 6) is -1.73. The van der Waals surface area contributed by atoms with Crippen molar-refractivity contribution in [3.05, 3.63) is 23.2 Å². The first-order valence-corrected chi connectivity index (χ1v) is 10.8. The van der Waals surface area contributed by atoms with Gasteiger partial charge in [0.2, 0.25) is 15.6 Å². The van der Waals surface area contributed by atoms with Crippen molar-refractivity contribution in [2.75, 3.05) is 31.5 Å². The molecular weight excluding hydrogens is 435 g/mol. The molecule has 1 aromatic carbocycles. The lowest BCUT2D eigenvalue weighted by Crippen LogP contribution is -2.52. The number of hydrogen-bond donors (Lipinski definition) is 3. The van der Waals surface area contributed by atoms with Gasteiger partial charge in [-0.15, -0.1) is 0 Å². The smallest absolute Gasteiger partial charge is 0.373 e. The monoisotopic (exact) mass is 457 g/mol. The standard InChI is InChI=1S/C17H23ClF3N3O4S/c1-16(26,17(19,20)21)15(25)23-14-6-5-12(11-13(14)18)29(27,28)22-7-10-24-8-3-2-4-9-24/h5-6,11,22,26H,2-4,7-10H2,1H3,(H,23,25). The van der Waals surface area contributed by atoms with Gasteiger partial charge < -0.3 is 15.3 Å². The second-order valence-corrected chi connectivity index (χ2v) is 9.14. The number of alkyl halides is 3. The number of benzene rings is 1. The van der Waals surface area contributed by atoms with E-state index in [1.165, 1.54) is 6.42 Å². The van der Waals surface area contributed by atoms with Crippen molar-refractivity contribution >= 4 is 33.2 Å². The number of aliphatic hydroxyl groups is 1. The Bertz CT molecular complexity index is 841. The fourth-order valence-corrected chi connectivity index (χ4v) is 4.08. The van der Waals surface area contributed by atoms with Crippen LogP contribution in [0.4, 0.5) is 18.9 Å². The van der Waals surface area contributed by atoms with Gasteiger partial charge in [0, 0.05) is 13.1 Å². The van der Waals surface area contributed by atoms with E-state index in [-0.39, 0.29) is 22.2 Å². The number of carbonyl (C=O) groups is 1. The van der Waals surface area contributed by atoms with E-state index in [1.54, 1.807) is 0 Å². The molecule has 0 saturated carbocycles. The molecule has 1 aliphatic rings. The summed E-state index contributed by atoms with van der Waals surface area (Å²) in [6, 6.07) is 3.18. The van der Waals surface area contributed by atoms with E-state index in [4.69, 9.17) is 11.6 Å². The number of carbonyl (C=O) groups excluding carboxylic acids is 1. The summed E-state index contributed by atoms with van der Waals surface area (Å²) in [5, 5.41) is 10.9. The second-order valence-electron chi connectivity index (χ2n) is 6.97. The van der Waals surface area contributed by atoms with Crippen LogP contribution in [0, 0.1) is 0 Å².